The van der Waals surface area contributed by atoms with E-state index in [9.17, 15) is 19.1 Å². The zero-order valence-corrected chi connectivity index (χ0v) is 17.6. The molecule has 168 valence electrons. The number of nitrogens with one attached hydrogen (secondary N) is 1. The number of carbonyl (C=O) groups is 2. The highest BCUT2D eigenvalue weighted by molar-refractivity contribution is 6.51. The summed E-state index contributed by atoms with van der Waals surface area (Å²) >= 11 is 0. The number of aliphatic hydroxyl groups excluding tert-OH is 1. The lowest BCUT2D eigenvalue weighted by molar-refractivity contribution is -0.132. The number of aromatic amines is 1. The summed E-state index contributed by atoms with van der Waals surface area (Å²) in [6, 6.07) is 16.6. The molecule has 2 aliphatic rings. The predicted molar refractivity (Wildman–Crippen MR) is 122 cm³/mol. The van der Waals surface area contributed by atoms with Crippen molar-refractivity contribution < 1.29 is 28.6 Å². The number of ether oxygens (including phenoxy) is 2. The second kappa shape index (κ2) is 7.48. The Kier molecular flexibility index (Phi) is 4.41. The summed E-state index contributed by atoms with van der Waals surface area (Å²) in [6.45, 7) is 0.0594. The topological polar surface area (TPSA) is 91.9 Å². The van der Waals surface area contributed by atoms with Crippen molar-refractivity contribution in [2.75, 3.05) is 11.7 Å². The molecule has 1 amide bonds. The van der Waals surface area contributed by atoms with Gasteiger partial charge in [-0.1, -0.05) is 18.2 Å². The molecule has 1 saturated heterocycles. The van der Waals surface area contributed by atoms with Crippen LogP contribution < -0.4 is 14.4 Å². The largest absolute Gasteiger partial charge is 0.507 e. The van der Waals surface area contributed by atoms with Crippen LogP contribution in [0.1, 0.15) is 17.2 Å². The Bertz CT molecular complexity index is 1510. The molecule has 3 heterocycles. The SMILES string of the molecule is O=C1C(=O)N(c2ccc(F)cc2)C(c2c[nH]c3ccccc23)/C1=C(\O)c1ccc2c(c1)OCO2. The number of aromatic nitrogens is 1. The number of amides is 1. The van der Waals surface area contributed by atoms with Gasteiger partial charge in [-0.2, -0.15) is 0 Å². The molecule has 1 unspecified atom stereocenters. The Morgan fingerprint density at radius 1 is 1.00 bits per heavy atom. The molecule has 6 rings (SSSR count). The van der Waals surface area contributed by atoms with E-state index in [0.29, 0.717) is 28.3 Å². The number of benzene rings is 3. The first kappa shape index (κ1) is 20.0. The van der Waals surface area contributed by atoms with Gasteiger partial charge in [0, 0.05) is 33.9 Å². The Balaban J connectivity index is 1.59. The first-order chi connectivity index (χ1) is 16.5. The highest BCUT2D eigenvalue weighted by Crippen LogP contribution is 2.45. The van der Waals surface area contributed by atoms with Crippen molar-refractivity contribution in [3.05, 3.63) is 95.4 Å². The molecule has 8 heteroatoms. The van der Waals surface area contributed by atoms with Gasteiger partial charge in [-0.25, -0.2) is 4.39 Å². The molecule has 2 N–H and O–H groups in total. The lowest BCUT2D eigenvalue weighted by atomic mass is 9.94. The third-order valence-electron chi connectivity index (χ3n) is 6.11. The highest BCUT2D eigenvalue weighted by atomic mass is 19.1. The van der Waals surface area contributed by atoms with Crippen LogP contribution >= 0.6 is 0 Å². The van der Waals surface area contributed by atoms with Gasteiger partial charge in [0.15, 0.2) is 11.5 Å². The van der Waals surface area contributed by atoms with E-state index in [0.717, 1.165) is 10.9 Å². The smallest absolute Gasteiger partial charge is 0.300 e. The number of nitrogens with zero attached hydrogens (tertiary/aromatic N) is 1. The minimum absolute atomic E-state index is 0.0594. The van der Waals surface area contributed by atoms with Crippen LogP contribution in [0.5, 0.6) is 11.5 Å². The highest BCUT2D eigenvalue weighted by Gasteiger charge is 2.47. The van der Waals surface area contributed by atoms with Gasteiger partial charge in [-0.15, -0.1) is 0 Å². The molecule has 4 aromatic rings. The van der Waals surface area contributed by atoms with E-state index in [-0.39, 0.29) is 18.1 Å². The maximum Gasteiger partial charge on any atom is 0.300 e. The van der Waals surface area contributed by atoms with Gasteiger partial charge < -0.3 is 19.6 Å². The quantitative estimate of drug-likeness (QED) is 0.266. The Morgan fingerprint density at radius 2 is 1.76 bits per heavy atom. The number of Topliss-reactive ketones (excluding diaryl/α,β-unsaturated/α-hetero) is 1. The van der Waals surface area contributed by atoms with Gasteiger partial charge >= 0.3 is 0 Å². The summed E-state index contributed by atoms with van der Waals surface area (Å²) in [5.74, 6) is -1.50. The van der Waals surface area contributed by atoms with Crippen molar-refractivity contribution in [1.29, 1.82) is 0 Å². The van der Waals surface area contributed by atoms with E-state index in [4.69, 9.17) is 9.47 Å². The number of anilines is 1. The molecule has 0 spiro atoms. The summed E-state index contributed by atoms with van der Waals surface area (Å²) in [5, 5.41) is 12.1. The van der Waals surface area contributed by atoms with E-state index >= 15 is 0 Å². The number of aliphatic hydroxyl groups is 1. The third kappa shape index (κ3) is 2.96. The fraction of sp³-hybridized carbons (Fsp3) is 0.0769. The van der Waals surface area contributed by atoms with Crippen LogP contribution in [0.4, 0.5) is 10.1 Å². The molecule has 2 aliphatic heterocycles. The van der Waals surface area contributed by atoms with E-state index in [1.807, 2.05) is 24.3 Å². The van der Waals surface area contributed by atoms with Crippen molar-refractivity contribution in [3.8, 4) is 11.5 Å². The molecule has 0 saturated carbocycles. The summed E-state index contributed by atoms with van der Waals surface area (Å²) in [7, 11) is 0. The second-order valence-corrected chi connectivity index (χ2v) is 8.00. The number of rotatable bonds is 3. The first-order valence-electron chi connectivity index (χ1n) is 10.6. The average Bonchev–Trinajstić information content (AvgIpc) is 3.55. The zero-order valence-electron chi connectivity index (χ0n) is 17.6. The van der Waals surface area contributed by atoms with Crippen LogP contribution in [-0.2, 0) is 9.59 Å². The zero-order chi connectivity index (χ0) is 23.4. The Hall–Kier alpha value is -4.59. The average molecular weight is 456 g/mol. The number of fused-ring (bicyclic) bond motifs is 2. The van der Waals surface area contributed by atoms with Gasteiger partial charge in [-0.3, -0.25) is 14.5 Å². The second-order valence-electron chi connectivity index (χ2n) is 8.00. The molecule has 3 aromatic carbocycles. The van der Waals surface area contributed by atoms with Gasteiger partial charge in [0.1, 0.15) is 11.6 Å². The maximum absolute atomic E-state index is 13.6. The van der Waals surface area contributed by atoms with E-state index in [2.05, 4.69) is 4.98 Å². The minimum Gasteiger partial charge on any atom is -0.507 e. The Labute approximate surface area is 192 Å². The van der Waals surface area contributed by atoms with Crippen molar-refractivity contribution in [2.45, 2.75) is 6.04 Å². The van der Waals surface area contributed by atoms with Crippen molar-refractivity contribution in [3.63, 3.8) is 0 Å². The fourth-order valence-electron chi connectivity index (χ4n) is 4.51. The fourth-order valence-corrected chi connectivity index (χ4v) is 4.51. The van der Waals surface area contributed by atoms with Crippen molar-refractivity contribution >= 4 is 34.0 Å². The number of halogens is 1. The van der Waals surface area contributed by atoms with Crippen LogP contribution in [0.3, 0.4) is 0 Å². The van der Waals surface area contributed by atoms with E-state index in [1.165, 1.54) is 29.2 Å². The maximum atomic E-state index is 13.6. The minimum atomic E-state index is -0.938. The molecule has 0 aliphatic carbocycles. The third-order valence-corrected chi connectivity index (χ3v) is 6.11. The van der Waals surface area contributed by atoms with Crippen LogP contribution in [0.25, 0.3) is 16.7 Å². The van der Waals surface area contributed by atoms with Gasteiger partial charge in [0.05, 0.1) is 11.6 Å². The first-order valence-corrected chi connectivity index (χ1v) is 10.6. The molecule has 0 bridgehead atoms. The van der Waals surface area contributed by atoms with Crippen LogP contribution in [0.2, 0.25) is 0 Å². The summed E-state index contributed by atoms with van der Waals surface area (Å²) in [5.41, 5.74) is 2.01. The summed E-state index contributed by atoms with van der Waals surface area (Å²) in [6.07, 6.45) is 1.71. The molecule has 0 radical (unpaired) electrons. The van der Waals surface area contributed by atoms with Gasteiger partial charge in [0.25, 0.3) is 11.7 Å². The molecule has 7 nitrogen and oxygen atoms in total. The van der Waals surface area contributed by atoms with Crippen molar-refractivity contribution in [1.82, 2.24) is 4.98 Å². The summed E-state index contributed by atoms with van der Waals surface area (Å²) < 4.78 is 24.3. The molecule has 1 atom stereocenters. The molecule has 1 aromatic heterocycles. The molecular weight excluding hydrogens is 439 g/mol. The van der Waals surface area contributed by atoms with Crippen molar-refractivity contribution in [2.24, 2.45) is 0 Å². The number of hydrogen-bond acceptors (Lipinski definition) is 5. The number of hydrogen-bond donors (Lipinski definition) is 2. The molecule has 1 fully saturated rings. The van der Waals surface area contributed by atoms with Crippen LogP contribution in [0, 0.1) is 5.82 Å². The Morgan fingerprint density at radius 3 is 2.59 bits per heavy atom. The van der Waals surface area contributed by atoms with E-state index in [1.54, 1.807) is 24.4 Å². The number of H-pyrrole nitrogens is 1. The van der Waals surface area contributed by atoms with Gasteiger partial charge in [-0.05, 0) is 48.5 Å². The normalized spacial score (nSPS) is 18.7. The number of carbonyl (C=O) groups excluding carboxylic acids is 2. The molecule has 34 heavy (non-hydrogen) atoms. The van der Waals surface area contributed by atoms with E-state index < -0.39 is 23.5 Å². The van der Waals surface area contributed by atoms with Crippen LogP contribution in [-0.4, -0.2) is 28.6 Å². The monoisotopic (exact) mass is 456 g/mol. The number of para-hydroxylation sites is 1. The number of ketones is 1. The standard InChI is InChI=1S/C26H17FN2O5/c27-15-6-8-16(9-7-15)29-23(18-12-28-19-4-2-1-3-17(18)19)22(25(31)26(29)32)24(30)14-5-10-20-21(11-14)34-13-33-20/h1-12,23,28,30H,13H2/b24-22+. The molecular formula is C26H17FN2O5. The van der Waals surface area contributed by atoms with Gasteiger partial charge in [0.2, 0.25) is 6.79 Å². The summed E-state index contributed by atoms with van der Waals surface area (Å²) in [4.78, 5) is 31.0. The van der Waals surface area contributed by atoms with Crippen LogP contribution in [0.15, 0.2) is 78.5 Å². The predicted octanol–water partition coefficient (Wildman–Crippen LogP) is 4.66. The lowest BCUT2D eigenvalue weighted by Crippen LogP contribution is -2.29. The lowest BCUT2D eigenvalue weighted by Gasteiger charge is -2.25.